The molecular formula is C25H23N3O5. The number of fused-ring (bicyclic) bond motifs is 1. The molecule has 3 heterocycles. The van der Waals surface area contributed by atoms with Gasteiger partial charge in [-0.15, -0.1) is 0 Å². The summed E-state index contributed by atoms with van der Waals surface area (Å²) in [5.74, 6) is -0.368. The standard InChI is InChI=1S/C25H23N3O5/c1-17-12-13-26(24(30)32-15-18-8-4-2-5-9-18)28-20(14-17)22(23(28)29)27-21(16-33-25(27)31)19-10-6-3-7-11-19/h2-14,20-22H,15-16H2,1H3/t20-,21+,22-/m1/s1. The predicted molar refractivity (Wildman–Crippen MR) is 118 cm³/mol. The zero-order valence-corrected chi connectivity index (χ0v) is 18.0. The number of carbonyl (C=O) groups is 3. The van der Waals surface area contributed by atoms with E-state index < -0.39 is 24.3 Å². The summed E-state index contributed by atoms with van der Waals surface area (Å²) in [6.45, 7) is 2.13. The van der Waals surface area contributed by atoms with Gasteiger partial charge in [0.15, 0.2) is 0 Å². The third-order valence-electron chi connectivity index (χ3n) is 6.02. The second-order valence-electron chi connectivity index (χ2n) is 8.14. The lowest BCUT2D eigenvalue weighted by Gasteiger charge is -2.51. The molecule has 0 spiro atoms. The molecule has 0 aromatic heterocycles. The predicted octanol–water partition coefficient (Wildman–Crippen LogP) is 3.79. The van der Waals surface area contributed by atoms with Gasteiger partial charge in [0.25, 0.3) is 5.91 Å². The van der Waals surface area contributed by atoms with Crippen LogP contribution in [0.25, 0.3) is 0 Å². The molecule has 0 radical (unpaired) electrons. The maximum absolute atomic E-state index is 13.3. The van der Waals surface area contributed by atoms with Crippen molar-refractivity contribution in [3.8, 4) is 0 Å². The number of hydrogen-bond acceptors (Lipinski definition) is 5. The first kappa shape index (κ1) is 20.8. The van der Waals surface area contributed by atoms with Crippen molar-refractivity contribution in [2.45, 2.75) is 31.7 Å². The monoisotopic (exact) mass is 445 g/mol. The van der Waals surface area contributed by atoms with Crippen LogP contribution in [0.1, 0.15) is 24.1 Å². The average Bonchev–Trinajstić information content (AvgIpc) is 3.13. The van der Waals surface area contributed by atoms with E-state index in [-0.39, 0.29) is 25.2 Å². The van der Waals surface area contributed by atoms with Crippen molar-refractivity contribution in [2.24, 2.45) is 0 Å². The molecule has 8 heteroatoms. The van der Waals surface area contributed by atoms with Crippen LogP contribution in [-0.4, -0.2) is 51.7 Å². The SMILES string of the molecule is CC1=C[C@@H]2[C@@H](N3C(=O)OC[C@H]3c3ccccc3)C(=O)N2N(C(=O)OCc2ccccc2)C=C1. The molecule has 3 aliphatic heterocycles. The number of benzene rings is 2. The van der Waals surface area contributed by atoms with Gasteiger partial charge >= 0.3 is 12.2 Å². The lowest BCUT2D eigenvalue weighted by atomic mass is 9.92. The van der Waals surface area contributed by atoms with Gasteiger partial charge in [0.1, 0.15) is 25.3 Å². The molecule has 3 aliphatic rings. The molecule has 5 rings (SSSR count). The molecule has 2 aromatic carbocycles. The minimum absolute atomic E-state index is 0.0844. The maximum atomic E-state index is 13.3. The number of allylic oxidation sites excluding steroid dienone is 2. The molecule has 3 atom stereocenters. The molecule has 0 unspecified atom stereocenters. The van der Waals surface area contributed by atoms with Gasteiger partial charge in [0.05, 0.1) is 6.04 Å². The number of β-lactam (4-membered cyclic amide) rings is 1. The largest absolute Gasteiger partial charge is 0.447 e. The summed E-state index contributed by atoms with van der Waals surface area (Å²) < 4.78 is 10.8. The molecule has 2 aromatic rings. The van der Waals surface area contributed by atoms with Crippen LogP contribution in [0.3, 0.4) is 0 Å². The highest BCUT2D eigenvalue weighted by atomic mass is 16.6. The average molecular weight is 445 g/mol. The first-order valence-electron chi connectivity index (χ1n) is 10.7. The lowest BCUT2D eigenvalue weighted by molar-refractivity contribution is -0.175. The highest BCUT2D eigenvalue weighted by Gasteiger charge is 2.58. The molecule has 8 nitrogen and oxygen atoms in total. The van der Waals surface area contributed by atoms with E-state index in [0.717, 1.165) is 16.7 Å². The third-order valence-corrected chi connectivity index (χ3v) is 6.02. The van der Waals surface area contributed by atoms with Crippen LogP contribution < -0.4 is 0 Å². The normalized spacial score (nSPS) is 24.0. The van der Waals surface area contributed by atoms with E-state index in [1.165, 1.54) is 21.1 Å². The Balaban J connectivity index is 1.38. The van der Waals surface area contributed by atoms with Crippen molar-refractivity contribution in [2.75, 3.05) is 6.61 Å². The number of hydrazine groups is 1. The van der Waals surface area contributed by atoms with E-state index in [1.807, 2.05) is 73.7 Å². The van der Waals surface area contributed by atoms with E-state index in [2.05, 4.69) is 0 Å². The minimum atomic E-state index is -0.774. The van der Waals surface area contributed by atoms with Gasteiger partial charge in [-0.05, 0) is 24.1 Å². The lowest BCUT2D eigenvalue weighted by Crippen LogP contribution is -2.74. The Morgan fingerprint density at radius 2 is 1.76 bits per heavy atom. The molecule has 3 amide bonds. The second-order valence-corrected chi connectivity index (χ2v) is 8.14. The van der Waals surface area contributed by atoms with E-state index in [1.54, 1.807) is 6.08 Å². The van der Waals surface area contributed by atoms with Crippen molar-refractivity contribution in [3.63, 3.8) is 0 Å². The van der Waals surface area contributed by atoms with Gasteiger partial charge in [-0.1, -0.05) is 72.3 Å². The van der Waals surface area contributed by atoms with Gasteiger partial charge in [0, 0.05) is 6.20 Å². The first-order chi connectivity index (χ1) is 16.0. The van der Waals surface area contributed by atoms with Crippen LogP contribution in [0.2, 0.25) is 0 Å². The molecular weight excluding hydrogens is 422 g/mol. The van der Waals surface area contributed by atoms with Crippen LogP contribution in [-0.2, 0) is 20.9 Å². The quantitative estimate of drug-likeness (QED) is 0.669. The molecule has 0 bridgehead atoms. The van der Waals surface area contributed by atoms with E-state index in [0.29, 0.717) is 0 Å². The number of carbonyl (C=O) groups excluding carboxylic acids is 3. The van der Waals surface area contributed by atoms with Crippen LogP contribution in [0, 0.1) is 0 Å². The fourth-order valence-electron chi connectivity index (χ4n) is 4.37. The van der Waals surface area contributed by atoms with Gasteiger partial charge in [-0.3, -0.25) is 9.69 Å². The number of nitrogens with zero attached hydrogens (tertiary/aromatic N) is 3. The Labute approximate surface area is 191 Å². The first-order valence-corrected chi connectivity index (χ1v) is 10.7. The summed E-state index contributed by atoms with van der Waals surface area (Å²) in [4.78, 5) is 40.3. The second kappa shape index (κ2) is 8.46. The zero-order valence-electron chi connectivity index (χ0n) is 18.0. The summed E-state index contributed by atoms with van der Waals surface area (Å²) in [6, 6.07) is 17.1. The fraction of sp³-hybridized carbons (Fsp3) is 0.240. The molecule has 0 saturated carbocycles. The highest BCUT2D eigenvalue weighted by Crippen LogP contribution is 2.39. The van der Waals surface area contributed by atoms with Crippen molar-refractivity contribution in [3.05, 3.63) is 95.7 Å². The topological polar surface area (TPSA) is 79.4 Å². The summed E-state index contributed by atoms with van der Waals surface area (Å²) in [5, 5.41) is 2.51. The Morgan fingerprint density at radius 1 is 1.06 bits per heavy atom. The molecule has 0 aliphatic carbocycles. The Hall–Kier alpha value is -4.07. The Kier molecular flexibility index (Phi) is 5.34. The molecule has 33 heavy (non-hydrogen) atoms. The number of rotatable bonds is 4. The smallest absolute Gasteiger partial charge is 0.433 e. The number of hydrogen-bond donors (Lipinski definition) is 0. The van der Waals surface area contributed by atoms with Gasteiger partial charge in [0.2, 0.25) is 0 Å². The van der Waals surface area contributed by atoms with Gasteiger partial charge < -0.3 is 9.47 Å². The summed E-state index contributed by atoms with van der Waals surface area (Å²) in [6.07, 6.45) is 3.93. The molecule has 2 saturated heterocycles. The number of ether oxygens (including phenoxy) is 2. The number of amides is 3. The summed E-state index contributed by atoms with van der Waals surface area (Å²) in [7, 11) is 0. The van der Waals surface area contributed by atoms with E-state index in [9.17, 15) is 14.4 Å². The van der Waals surface area contributed by atoms with Crippen molar-refractivity contribution in [1.82, 2.24) is 14.9 Å². The summed E-state index contributed by atoms with van der Waals surface area (Å²) in [5.41, 5.74) is 2.60. The Bertz CT molecular complexity index is 1130. The van der Waals surface area contributed by atoms with Crippen LogP contribution in [0.5, 0.6) is 0 Å². The van der Waals surface area contributed by atoms with Crippen molar-refractivity contribution < 1.29 is 23.9 Å². The summed E-state index contributed by atoms with van der Waals surface area (Å²) >= 11 is 0. The molecule has 0 N–H and O–H groups in total. The number of cyclic esters (lactones) is 1. The van der Waals surface area contributed by atoms with Crippen molar-refractivity contribution >= 4 is 18.1 Å². The Morgan fingerprint density at radius 3 is 2.48 bits per heavy atom. The molecule has 2 fully saturated rings. The van der Waals surface area contributed by atoms with Gasteiger partial charge in [-0.25, -0.2) is 14.6 Å². The zero-order chi connectivity index (χ0) is 22.9. The maximum Gasteiger partial charge on any atom is 0.433 e. The van der Waals surface area contributed by atoms with Crippen LogP contribution in [0.15, 0.2) is 84.6 Å². The third kappa shape index (κ3) is 3.73. The minimum Gasteiger partial charge on any atom is -0.447 e. The van der Waals surface area contributed by atoms with Crippen LogP contribution >= 0.6 is 0 Å². The van der Waals surface area contributed by atoms with Crippen LogP contribution in [0.4, 0.5) is 9.59 Å². The van der Waals surface area contributed by atoms with Gasteiger partial charge in [-0.2, -0.15) is 5.01 Å². The fourth-order valence-corrected chi connectivity index (χ4v) is 4.37. The van der Waals surface area contributed by atoms with Crippen molar-refractivity contribution in [1.29, 1.82) is 0 Å². The van der Waals surface area contributed by atoms with E-state index in [4.69, 9.17) is 9.47 Å². The highest BCUT2D eigenvalue weighted by molar-refractivity contribution is 5.95. The van der Waals surface area contributed by atoms with E-state index >= 15 is 0 Å². The molecule has 168 valence electrons.